The highest BCUT2D eigenvalue weighted by atomic mass is 35.5. The Morgan fingerprint density at radius 3 is 2.48 bits per heavy atom. The summed E-state index contributed by atoms with van der Waals surface area (Å²) in [6.45, 7) is -6.72. The molecule has 0 aliphatic heterocycles. The average molecular weight is 650 g/mol. The topological polar surface area (TPSA) is 115 Å². The van der Waals surface area contributed by atoms with Gasteiger partial charge in [-0.25, -0.2) is 19.0 Å². The minimum atomic E-state index is -4.84. The first-order chi connectivity index (χ1) is 20.8. The summed E-state index contributed by atoms with van der Waals surface area (Å²) < 4.78 is 114. The van der Waals surface area contributed by atoms with E-state index in [0.717, 1.165) is 24.9 Å². The van der Waals surface area contributed by atoms with E-state index in [9.17, 15) is 35.9 Å². The molecule has 11 nitrogen and oxygen atoms in total. The summed E-state index contributed by atoms with van der Waals surface area (Å²) in [6.07, 6.45) is -0.392. The summed E-state index contributed by atoms with van der Waals surface area (Å²) in [5, 5.41) is 22.8. The number of hydrogen-bond acceptors (Lipinski definition) is 7. The zero-order chi connectivity index (χ0) is 31.8. The predicted octanol–water partition coefficient (Wildman–Crippen LogP) is 5.45. The van der Waals surface area contributed by atoms with E-state index in [2.05, 4.69) is 30.1 Å². The lowest BCUT2D eigenvalue weighted by molar-refractivity contribution is -0.615. The van der Waals surface area contributed by atoms with Crippen molar-refractivity contribution < 1.29 is 44.6 Å². The Bertz CT molecular complexity index is 1770. The van der Waals surface area contributed by atoms with Crippen LogP contribution in [0.2, 0.25) is 5.02 Å². The van der Waals surface area contributed by atoms with E-state index in [1.165, 1.54) is 29.0 Å². The lowest BCUT2D eigenvalue weighted by Crippen LogP contribution is -2.35. The van der Waals surface area contributed by atoms with Crippen LogP contribution in [0.3, 0.4) is 0 Å². The minimum absolute atomic E-state index is 0.0756. The molecule has 0 unspecified atom stereocenters. The van der Waals surface area contributed by atoms with Gasteiger partial charge in [-0.1, -0.05) is 16.8 Å². The Kier molecular flexibility index (Phi) is 8.51. The van der Waals surface area contributed by atoms with Crippen LogP contribution in [-0.2, 0) is 10.9 Å². The molecular weight excluding hydrogens is 634 g/mol. The Morgan fingerprint density at radius 1 is 1.05 bits per heavy atom. The fraction of sp³-hybridized carbons (Fsp3) is 0.250. The quantitative estimate of drug-likeness (QED) is 0.112. The van der Waals surface area contributed by atoms with E-state index in [1.54, 1.807) is 0 Å². The van der Waals surface area contributed by atoms with Gasteiger partial charge < -0.3 is 14.5 Å². The van der Waals surface area contributed by atoms with E-state index in [-0.39, 0.29) is 45.2 Å². The van der Waals surface area contributed by atoms with Crippen LogP contribution in [0.25, 0.3) is 28.3 Å². The Hall–Kier alpha value is -4.65. The van der Waals surface area contributed by atoms with Crippen molar-refractivity contribution in [2.75, 3.05) is 6.61 Å². The molecule has 0 spiro atoms. The molecule has 232 valence electrons. The van der Waals surface area contributed by atoms with Gasteiger partial charge in [-0.05, 0) is 18.2 Å². The molecule has 0 aliphatic rings. The maximum Gasteiger partial charge on any atom is 0.436 e. The van der Waals surface area contributed by atoms with Gasteiger partial charge in [0.15, 0.2) is 23.5 Å². The third-order valence-electron chi connectivity index (χ3n) is 6.26. The van der Waals surface area contributed by atoms with E-state index < -0.39 is 48.5 Å². The van der Waals surface area contributed by atoms with Crippen LogP contribution < -0.4 is 4.73 Å². The molecule has 0 saturated carbocycles. The standard InChI is InChI=1S/C24H16ClF8N9O2/c25-13-2-4-17(40-9-18(37-38-40)24(31,32)33)19(20(13)26)12-1-3-16(41(43)7-12)15(5-6-44-23(29)30)39-8-14(35-11-39)21-34-10-36-42(21)22(27)28/h1-4,7-11,15,22-23H,5-6H2/t15-/m1/s1. The predicted molar refractivity (Wildman–Crippen MR) is 133 cm³/mol. The average Bonchev–Trinajstić information content (AvgIpc) is 3.73. The van der Waals surface area contributed by atoms with Gasteiger partial charge in [0, 0.05) is 18.7 Å². The first-order valence-corrected chi connectivity index (χ1v) is 12.6. The largest absolute Gasteiger partial charge is 0.618 e. The minimum Gasteiger partial charge on any atom is -0.618 e. The van der Waals surface area contributed by atoms with E-state index in [1.807, 2.05) is 0 Å². The molecule has 0 N–H and O–H groups in total. The van der Waals surface area contributed by atoms with E-state index in [0.29, 0.717) is 15.6 Å². The maximum atomic E-state index is 15.3. The maximum absolute atomic E-state index is 15.3. The number of aromatic nitrogens is 9. The summed E-state index contributed by atoms with van der Waals surface area (Å²) in [6, 6.07) is 3.64. The second-order valence-electron chi connectivity index (χ2n) is 8.92. The van der Waals surface area contributed by atoms with Crippen molar-refractivity contribution in [1.82, 2.24) is 39.3 Å². The molecular formula is C24H16ClF8N9O2. The number of hydrogen-bond donors (Lipinski definition) is 0. The van der Waals surface area contributed by atoms with Crippen molar-refractivity contribution in [3.8, 4) is 28.3 Å². The van der Waals surface area contributed by atoms with Crippen molar-refractivity contribution in [1.29, 1.82) is 0 Å². The third kappa shape index (κ3) is 6.18. The first-order valence-electron chi connectivity index (χ1n) is 12.2. The van der Waals surface area contributed by atoms with Crippen molar-refractivity contribution in [3.63, 3.8) is 0 Å². The lowest BCUT2D eigenvalue weighted by Gasteiger charge is -2.19. The molecule has 20 heteroatoms. The molecule has 0 bridgehead atoms. The van der Waals surface area contributed by atoms with Gasteiger partial charge in [0.1, 0.15) is 18.1 Å². The smallest absolute Gasteiger partial charge is 0.436 e. The monoisotopic (exact) mass is 649 g/mol. The van der Waals surface area contributed by atoms with Gasteiger partial charge >= 0.3 is 19.3 Å². The second kappa shape index (κ2) is 12.2. The van der Waals surface area contributed by atoms with Crippen LogP contribution in [0.5, 0.6) is 0 Å². The van der Waals surface area contributed by atoms with Crippen LogP contribution in [-0.4, -0.2) is 52.5 Å². The normalized spacial score (nSPS) is 12.9. The summed E-state index contributed by atoms with van der Waals surface area (Å²) in [7, 11) is 0. The van der Waals surface area contributed by atoms with Crippen molar-refractivity contribution >= 4 is 11.6 Å². The fourth-order valence-corrected chi connectivity index (χ4v) is 4.49. The number of nitrogens with zero attached hydrogens (tertiary/aromatic N) is 9. The SMILES string of the molecule is [O-][n+]1cc(-c2c(-n3cc(C(F)(F)F)nn3)ccc(Cl)c2F)ccc1[C@@H](CCOC(F)F)n1cnc(-c2ncnn2C(F)F)c1. The molecule has 4 aromatic heterocycles. The van der Waals surface area contributed by atoms with Crippen LogP contribution in [0.15, 0.2) is 55.5 Å². The van der Waals surface area contributed by atoms with Gasteiger partial charge in [0.05, 0.1) is 41.0 Å². The number of imidazole rings is 1. The van der Waals surface area contributed by atoms with Gasteiger partial charge in [0.25, 0.3) is 0 Å². The van der Waals surface area contributed by atoms with Crippen LogP contribution in [0.4, 0.5) is 35.1 Å². The third-order valence-corrected chi connectivity index (χ3v) is 6.55. The summed E-state index contributed by atoms with van der Waals surface area (Å²) in [5.74, 6) is -1.39. The number of rotatable bonds is 10. The Labute approximate surface area is 245 Å². The highest BCUT2D eigenvalue weighted by Gasteiger charge is 2.35. The van der Waals surface area contributed by atoms with Gasteiger partial charge in [-0.2, -0.15) is 45.2 Å². The number of pyridine rings is 1. The molecule has 1 aromatic carbocycles. The van der Waals surface area contributed by atoms with Crippen LogP contribution in [0, 0.1) is 11.0 Å². The Morgan fingerprint density at radius 2 is 1.82 bits per heavy atom. The van der Waals surface area contributed by atoms with Crippen molar-refractivity contribution in [3.05, 3.63) is 82.9 Å². The van der Waals surface area contributed by atoms with Crippen molar-refractivity contribution in [2.24, 2.45) is 0 Å². The molecule has 0 saturated heterocycles. The van der Waals surface area contributed by atoms with Crippen molar-refractivity contribution in [2.45, 2.75) is 31.8 Å². The number of ether oxygens (including phenoxy) is 1. The van der Waals surface area contributed by atoms with Gasteiger partial charge in [-0.15, -0.1) is 5.10 Å². The fourth-order valence-electron chi connectivity index (χ4n) is 4.33. The molecule has 0 fully saturated rings. The second-order valence-corrected chi connectivity index (χ2v) is 9.33. The van der Waals surface area contributed by atoms with Gasteiger partial charge in [0.2, 0.25) is 5.69 Å². The summed E-state index contributed by atoms with van der Waals surface area (Å²) in [5.41, 5.74) is -2.29. The molecule has 5 aromatic rings. The number of alkyl halides is 7. The zero-order valence-corrected chi connectivity index (χ0v) is 22.3. The number of benzene rings is 1. The zero-order valence-electron chi connectivity index (χ0n) is 21.6. The summed E-state index contributed by atoms with van der Waals surface area (Å²) >= 11 is 5.93. The molecule has 0 aliphatic carbocycles. The molecule has 0 radical (unpaired) electrons. The lowest BCUT2D eigenvalue weighted by atomic mass is 10.0. The van der Waals surface area contributed by atoms with Crippen LogP contribution in [0.1, 0.15) is 30.4 Å². The van der Waals surface area contributed by atoms with Crippen LogP contribution >= 0.6 is 11.6 Å². The highest BCUT2D eigenvalue weighted by molar-refractivity contribution is 6.31. The highest BCUT2D eigenvalue weighted by Crippen LogP contribution is 2.35. The molecule has 1 atom stereocenters. The van der Waals surface area contributed by atoms with E-state index >= 15 is 4.39 Å². The number of halogens is 9. The molecule has 44 heavy (non-hydrogen) atoms. The summed E-state index contributed by atoms with van der Waals surface area (Å²) in [4.78, 5) is 7.77. The van der Waals surface area contributed by atoms with E-state index in [4.69, 9.17) is 11.6 Å². The molecule has 4 heterocycles. The first kappa shape index (κ1) is 30.8. The van der Waals surface area contributed by atoms with Gasteiger partial charge in [-0.3, -0.25) is 0 Å². The Balaban J connectivity index is 1.55. The molecule has 5 rings (SSSR count). The molecule has 0 amide bonds.